The van der Waals surface area contributed by atoms with Crippen molar-refractivity contribution >= 4 is 33.1 Å². The molecule has 0 fully saturated rings. The van der Waals surface area contributed by atoms with Crippen molar-refractivity contribution < 1.29 is 0 Å². The Hall–Kier alpha value is -1.62. The largest absolute Gasteiger partial charge is 0.396 e. The van der Waals surface area contributed by atoms with Crippen molar-refractivity contribution in [3.05, 3.63) is 40.8 Å². The number of nitrogens with zero attached hydrogens (tertiary/aromatic N) is 2. The zero-order chi connectivity index (χ0) is 11.5. The van der Waals surface area contributed by atoms with E-state index in [4.69, 9.17) is 5.73 Å². The van der Waals surface area contributed by atoms with Crippen LogP contribution in [0.25, 0.3) is 0 Å². The minimum Gasteiger partial charge on any atom is -0.396 e. The summed E-state index contributed by atoms with van der Waals surface area (Å²) in [5.74, 6) is 0.635. The van der Waals surface area contributed by atoms with E-state index in [1.54, 1.807) is 24.7 Å². The third-order valence-electron chi connectivity index (χ3n) is 2.02. The molecule has 0 saturated carbocycles. The molecule has 2 heterocycles. The number of nitrogens with one attached hydrogen (secondary N) is 1. The average molecular weight is 279 g/mol. The van der Waals surface area contributed by atoms with Gasteiger partial charge in [0.15, 0.2) is 5.82 Å². The molecule has 2 rings (SSSR count). The zero-order valence-corrected chi connectivity index (χ0v) is 10.3. The molecule has 3 N–H and O–H groups in total. The Labute approximate surface area is 102 Å². The van der Waals surface area contributed by atoms with Gasteiger partial charge < -0.3 is 11.1 Å². The number of hydrogen-bond donors (Lipinski definition) is 2. The lowest BCUT2D eigenvalue weighted by molar-refractivity contribution is 1.24. The first-order valence-corrected chi connectivity index (χ1v) is 5.54. The summed E-state index contributed by atoms with van der Waals surface area (Å²) in [7, 11) is 0. The van der Waals surface area contributed by atoms with Gasteiger partial charge in [0.1, 0.15) is 0 Å². The highest BCUT2D eigenvalue weighted by atomic mass is 79.9. The Bertz CT molecular complexity index is 513. The third kappa shape index (κ3) is 2.49. The molecular weight excluding hydrogens is 268 g/mol. The Morgan fingerprint density at radius 3 is 2.75 bits per heavy atom. The van der Waals surface area contributed by atoms with Crippen LogP contribution >= 0.6 is 15.9 Å². The number of aromatic nitrogens is 2. The van der Waals surface area contributed by atoms with Gasteiger partial charge in [0, 0.05) is 16.9 Å². The van der Waals surface area contributed by atoms with Crippen molar-refractivity contribution in [3.8, 4) is 0 Å². The van der Waals surface area contributed by atoms with E-state index >= 15 is 0 Å². The Balaban J connectivity index is 2.27. The number of hydrogen-bond acceptors (Lipinski definition) is 4. The summed E-state index contributed by atoms with van der Waals surface area (Å²) in [4.78, 5) is 8.28. The molecule has 0 aliphatic carbocycles. The number of halogens is 1. The topological polar surface area (TPSA) is 63.8 Å². The van der Waals surface area contributed by atoms with E-state index in [2.05, 4.69) is 31.2 Å². The molecule has 16 heavy (non-hydrogen) atoms. The minimum absolute atomic E-state index is 0.593. The Morgan fingerprint density at radius 2 is 2.06 bits per heavy atom. The highest BCUT2D eigenvalue weighted by Crippen LogP contribution is 2.23. The first-order valence-electron chi connectivity index (χ1n) is 4.75. The summed E-state index contributed by atoms with van der Waals surface area (Å²) in [5, 5.41) is 3.12. The summed E-state index contributed by atoms with van der Waals surface area (Å²) in [6.45, 7) is 1.98. The quantitative estimate of drug-likeness (QED) is 0.887. The van der Waals surface area contributed by atoms with Crippen LogP contribution in [0.4, 0.5) is 17.2 Å². The number of nitrogen functional groups attached to an aromatic ring is 1. The van der Waals surface area contributed by atoms with Gasteiger partial charge in [-0.15, -0.1) is 0 Å². The first-order chi connectivity index (χ1) is 7.65. The second-order valence-corrected chi connectivity index (χ2v) is 4.38. The standard InChI is InChI=1S/C11H11BrN4/c1-7-2-9(6-14-4-7)16-11-10(13)3-8(12)5-15-11/h2-6H,13H2,1H3,(H,15,16). The van der Waals surface area contributed by atoms with Crippen LogP contribution in [0.3, 0.4) is 0 Å². The molecule has 0 aliphatic heterocycles. The first kappa shape index (κ1) is 10.9. The SMILES string of the molecule is Cc1cncc(Nc2ncc(Br)cc2N)c1. The van der Waals surface area contributed by atoms with E-state index in [-0.39, 0.29) is 0 Å². The van der Waals surface area contributed by atoms with Crippen molar-refractivity contribution in [1.29, 1.82) is 0 Å². The molecule has 0 radical (unpaired) electrons. The lowest BCUT2D eigenvalue weighted by Gasteiger charge is -2.08. The zero-order valence-electron chi connectivity index (χ0n) is 8.74. The van der Waals surface area contributed by atoms with Crippen molar-refractivity contribution in [2.75, 3.05) is 11.1 Å². The number of aryl methyl sites for hydroxylation is 1. The molecule has 2 aromatic rings. The highest BCUT2D eigenvalue weighted by molar-refractivity contribution is 9.10. The Morgan fingerprint density at radius 1 is 1.25 bits per heavy atom. The van der Waals surface area contributed by atoms with Gasteiger partial charge in [0.2, 0.25) is 0 Å². The van der Waals surface area contributed by atoms with Crippen LogP contribution < -0.4 is 11.1 Å². The second kappa shape index (κ2) is 4.49. The normalized spacial score (nSPS) is 10.1. The van der Waals surface area contributed by atoms with Crippen molar-refractivity contribution in [2.45, 2.75) is 6.92 Å². The molecule has 0 spiro atoms. The van der Waals surface area contributed by atoms with Gasteiger partial charge in [-0.3, -0.25) is 4.98 Å². The molecule has 5 heteroatoms. The lowest BCUT2D eigenvalue weighted by atomic mass is 10.3. The summed E-state index contributed by atoms with van der Waals surface area (Å²) in [6, 6.07) is 3.79. The van der Waals surface area contributed by atoms with Crippen molar-refractivity contribution in [2.24, 2.45) is 0 Å². The second-order valence-electron chi connectivity index (χ2n) is 3.47. The maximum Gasteiger partial charge on any atom is 0.153 e. The molecular formula is C11H11BrN4. The van der Waals surface area contributed by atoms with Crippen LogP contribution in [-0.2, 0) is 0 Å². The minimum atomic E-state index is 0.593. The fourth-order valence-corrected chi connectivity index (χ4v) is 1.67. The molecule has 0 aliphatic rings. The maximum atomic E-state index is 5.83. The van der Waals surface area contributed by atoms with Crippen LogP contribution in [-0.4, -0.2) is 9.97 Å². The summed E-state index contributed by atoms with van der Waals surface area (Å²) in [6.07, 6.45) is 5.22. The van der Waals surface area contributed by atoms with Crippen LogP contribution in [0.15, 0.2) is 35.2 Å². The predicted octanol–water partition coefficient (Wildman–Crippen LogP) is 2.87. The smallest absolute Gasteiger partial charge is 0.153 e. The fourth-order valence-electron chi connectivity index (χ4n) is 1.32. The summed E-state index contributed by atoms with van der Waals surface area (Å²) >= 11 is 3.31. The van der Waals surface area contributed by atoms with Crippen LogP contribution in [0.5, 0.6) is 0 Å². The molecule has 0 aromatic carbocycles. The molecule has 0 saturated heterocycles. The lowest BCUT2D eigenvalue weighted by Crippen LogP contribution is -1.99. The Kier molecular flexibility index (Phi) is 3.05. The molecule has 4 nitrogen and oxygen atoms in total. The summed E-state index contributed by atoms with van der Waals surface area (Å²) < 4.78 is 0.859. The molecule has 2 aromatic heterocycles. The molecule has 0 unspecified atom stereocenters. The van der Waals surface area contributed by atoms with Gasteiger partial charge in [-0.1, -0.05) is 0 Å². The van der Waals surface area contributed by atoms with E-state index in [0.29, 0.717) is 11.5 Å². The van der Waals surface area contributed by atoms with E-state index < -0.39 is 0 Å². The summed E-state index contributed by atoms with van der Waals surface area (Å²) in [5.41, 5.74) is 8.39. The van der Waals surface area contributed by atoms with Crippen molar-refractivity contribution in [1.82, 2.24) is 9.97 Å². The van der Waals surface area contributed by atoms with Crippen LogP contribution in [0, 0.1) is 6.92 Å². The number of anilines is 3. The van der Waals surface area contributed by atoms with E-state index in [9.17, 15) is 0 Å². The third-order valence-corrected chi connectivity index (χ3v) is 2.46. The maximum absolute atomic E-state index is 5.83. The van der Waals surface area contributed by atoms with Crippen molar-refractivity contribution in [3.63, 3.8) is 0 Å². The average Bonchev–Trinajstić information content (AvgIpc) is 2.22. The molecule has 0 amide bonds. The monoisotopic (exact) mass is 278 g/mol. The number of pyridine rings is 2. The molecule has 0 bridgehead atoms. The molecule has 0 atom stereocenters. The van der Waals surface area contributed by atoms with Gasteiger partial charge in [-0.2, -0.15) is 0 Å². The fraction of sp³-hybridized carbons (Fsp3) is 0.0909. The predicted molar refractivity (Wildman–Crippen MR) is 68.6 cm³/mol. The van der Waals surface area contributed by atoms with Gasteiger partial charge in [0.25, 0.3) is 0 Å². The molecule has 82 valence electrons. The van der Waals surface area contributed by atoms with E-state index in [1.807, 2.05) is 13.0 Å². The van der Waals surface area contributed by atoms with Gasteiger partial charge >= 0.3 is 0 Å². The van der Waals surface area contributed by atoms with Gasteiger partial charge in [0.05, 0.1) is 17.6 Å². The highest BCUT2D eigenvalue weighted by Gasteiger charge is 2.02. The van der Waals surface area contributed by atoms with Crippen LogP contribution in [0.2, 0.25) is 0 Å². The van der Waals surface area contributed by atoms with Crippen LogP contribution in [0.1, 0.15) is 5.56 Å². The van der Waals surface area contributed by atoms with E-state index in [1.165, 1.54) is 0 Å². The van der Waals surface area contributed by atoms with Gasteiger partial charge in [-0.25, -0.2) is 4.98 Å². The number of rotatable bonds is 2. The number of nitrogens with two attached hydrogens (primary N) is 1. The van der Waals surface area contributed by atoms with Gasteiger partial charge in [-0.05, 0) is 40.5 Å². The van der Waals surface area contributed by atoms with E-state index in [0.717, 1.165) is 15.7 Å².